The molecule has 0 radical (unpaired) electrons. The number of rotatable bonds is 7. The summed E-state index contributed by atoms with van der Waals surface area (Å²) in [5, 5.41) is 11.0. The maximum Gasteiger partial charge on any atom is 0.330 e. The zero-order chi connectivity index (χ0) is 21.2. The third-order valence-electron chi connectivity index (χ3n) is 5.08. The Balaban J connectivity index is 1.64. The second-order valence-electron chi connectivity index (χ2n) is 7.56. The number of nitrogens with zero attached hydrogens (tertiary/aromatic N) is 2. The average molecular weight is 417 g/mol. The van der Waals surface area contributed by atoms with Crippen LogP contribution in [0.25, 0.3) is 0 Å². The summed E-state index contributed by atoms with van der Waals surface area (Å²) in [6, 6.07) is 8.59. The minimum absolute atomic E-state index is 0.141. The number of nitrogens with two attached hydrogens (primary N) is 1. The van der Waals surface area contributed by atoms with Gasteiger partial charge in [-0.25, -0.2) is 4.79 Å². The van der Waals surface area contributed by atoms with Crippen molar-refractivity contribution in [3.8, 4) is 6.07 Å². The molecule has 4 atom stereocenters. The highest BCUT2D eigenvalue weighted by molar-refractivity contribution is 8.01. The van der Waals surface area contributed by atoms with Crippen LogP contribution in [-0.4, -0.2) is 51.5 Å². The fourth-order valence-corrected chi connectivity index (χ4v) is 5.20. The van der Waals surface area contributed by atoms with Gasteiger partial charge >= 0.3 is 5.97 Å². The van der Waals surface area contributed by atoms with E-state index in [0.717, 1.165) is 0 Å². The van der Waals surface area contributed by atoms with Crippen molar-refractivity contribution in [2.75, 3.05) is 6.61 Å². The summed E-state index contributed by atoms with van der Waals surface area (Å²) in [7, 11) is 0. The Hall–Kier alpha value is -2.57. The quantitative estimate of drug-likeness (QED) is 0.387. The predicted molar refractivity (Wildman–Crippen MR) is 107 cm³/mol. The number of esters is 1. The minimum Gasteiger partial charge on any atom is -0.464 e. The Labute approximate surface area is 173 Å². The number of carbonyl (C=O) groups excluding carboxylic acids is 3. The number of β-lactam (4-membered cyclic amide) rings is 1. The monoisotopic (exact) mass is 416 g/mol. The van der Waals surface area contributed by atoms with Crippen molar-refractivity contribution in [2.24, 2.45) is 5.73 Å². The first kappa shape index (κ1) is 21.1. The van der Waals surface area contributed by atoms with E-state index in [4.69, 9.17) is 15.7 Å². The number of benzene rings is 1. The topological polar surface area (TPSA) is 126 Å². The van der Waals surface area contributed by atoms with Gasteiger partial charge in [-0.05, 0) is 25.8 Å². The fraction of sp³-hybridized carbons (Fsp3) is 0.500. The Morgan fingerprint density at radius 3 is 2.72 bits per heavy atom. The van der Waals surface area contributed by atoms with Gasteiger partial charge in [0.05, 0.1) is 12.7 Å². The number of nitriles is 1. The lowest BCUT2D eigenvalue weighted by molar-refractivity contribution is -0.164. The van der Waals surface area contributed by atoms with Gasteiger partial charge in [0.2, 0.25) is 11.8 Å². The van der Waals surface area contributed by atoms with Crippen LogP contribution in [0, 0.1) is 11.3 Å². The molecule has 8 nitrogen and oxygen atoms in total. The van der Waals surface area contributed by atoms with E-state index in [2.05, 4.69) is 5.32 Å². The van der Waals surface area contributed by atoms with E-state index in [1.54, 1.807) is 24.3 Å². The molecular formula is C20H24N4O4S. The summed E-state index contributed by atoms with van der Waals surface area (Å²) in [6.45, 7) is 3.89. The van der Waals surface area contributed by atoms with Crippen LogP contribution in [-0.2, 0) is 19.1 Å². The van der Waals surface area contributed by atoms with Gasteiger partial charge in [-0.1, -0.05) is 30.3 Å². The molecule has 2 aliphatic heterocycles. The smallest absolute Gasteiger partial charge is 0.330 e. The molecular weight excluding hydrogens is 392 g/mol. The molecule has 2 saturated heterocycles. The van der Waals surface area contributed by atoms with Gasteiger partial charge < -0.3 is 20.7 Å². The van der Waals surface area contributed by atoms with Gasteiger partial charge in [-0.3, -0.25) is 9.59 Å². The molecule has 3 N–H and O–H groups in total. The second-order valence-corrected chi connectivity index (χ2v) is 9.33. The lowest BCUT2D eigenvalue weighted by atomic mass is 9.95. The standard InChI is InChI=1S/C20H24N4O4S/c1-20(2)15(19(27)28-11-7-6-10-21)24-17(26)14(18(24)29-20)23-16(25)13(22)12-8-4-3-5-9-12/h3-5,8-9,13-15,18H,6-7,11,22H2,1-2H3,(H,23,25)/t13-,14-,15-,18-/m1/s1. The molecule has 2 aliphatic rings. The highest BCUT2D eigenvalue weighted by Crippen LogP contribution is 2.51. The number of carbonyl (C=O) groups is 3. The molecule has 2 fully saturated rings. The van der Waals surface area contributed by atoms with Crippen LogP contribution in [0.3, 0.4) is 0 Å². The van der Waals surface area contributed by atoms with Gasteiger partial charge in [0.1, 0.15) is 23.5 Å². The van der Waals surface area contributed by atoms with Gasteiger partial charge in [-0.15, -0.1) is 11.8 Å². The summed E-state index contributed by atoms with van der Waals surface area (Å²) < 4.78 is 4.71. The first-order valence-corrected chi connectivity index (χ1v) is 10.3. The summed E-state index contributed by atoms with van der Waals surface area (Å²) >= 11 is 1.46. The second kappa shape index (κ2) is 8.43. The van der Waals surface area contributed by atoms with Crippen molar-refractivity contribution in [3.05, 3.63) is 35.9 Å². The zero-order valence-corrected chi connectivity index (χ0v) is 17.1. The normalized spacial score (nSPS) is 25.4. The Bertz CT molecular complexity index is 839. The van der Waals surface area contributed by atoms with E-state index in [0.29, 0.717) is 18.4 Å². The summed E-state index contributed by atoms with van der Waals surface area (Å²) in [5.41, 5.74) is 6.67. The van der Waals surface area contributed by atoms with Crippen LogP contribution in [0.1, 0.15) is 38.3 Å². The third-order valence-corrected chi connectivity index (χ3v) is 6.65. The first-order chi connectivity index (χ1) is 13.8. The molecule has 2 amide bonds. The number of amides is 2. The van der Waals surface area contributed by atoms with E-state index >= 15 is 0 Å². The fourth-order valence-electron chi connectivity index (χ4n) is 3.58. The Kier molecular flexibility index (Phi) is 6.15. The van der Waals surface area contributed by atoms with Gasteiger partial charge in [0, 0.05) is 11.2 Å². The van der Waals surface area contributed by atoms with Crippen molar-refractivity contribution in [1.82, 2.24) is 10.2 Å². The zero-order valence-electron chi connectivity index (χ0n) is 16.3. The maximum absolute atomic E-state index is 12.7. The number of nitrogens with one attached hydrogen (secondary N) is 1. The lowest BCUT2D eigenvalue weighted by Gasteiger charge is -2.44. The molecule has 1 aromatic rings. The van der Waals surface area contributed by atoms with E-state index in [1.165, 1.54) is 16.7 Å². The number of ether oxygens (including phenoxy) is 1. The van der Waals surface area contributed by atoms with Gasteiger partial charge in [0.25, 0.3) is 0 Å². The van der Waals surface area contributed by atoms with Crippen LogP contribution < -0.4 is 11.1 Å². The van der Waals surface area contributed by atoms with Crippen LogP contribution in [0.15, 0.2) is 30.3 Å². The Morgan fingerprint density at radius 2 is 2.07 bits per heavy atom. The number of hydrogen-bond acceptors (Lipinski definition) is 7. The largest absolute Gasteiger partial charge is 0.464 e. The van der Waals surface area contributed by atoms with E-state index in [-0.39, 0.29) is 17.9 Å². The van der Waals surface area contributed by atoms with Crippen LogP contribution in [0.5, 0.6) is 0 Å². The first-order valence-electron chi connectivity index (χ1n) is 9.42. The molecule has 0 aromatic heterocycles. The summed E-state index contributed by atoms with van der Waals surface area (Å²) in [6.07, 6.45) is 0.757. The molecule has 0 saturated carbocycles. The lowest BCUT2D eigenvalue weighted by Crippen LogP contribution is -2.71. The number of fused-ring (bicyclic) bond motifs is 1. The van der Waals surface area contributed by atoms with Gasteiger partial charge in [0.15, 0.2) is 0 Å². The number of hydrogen-bond donors (Lipinski definition) is 2. The van der Waals surface area contributed by atoms with Crippen LogP contribution >= 0.6 is 11.8 Å². The van der Waals surface area contributed by atoms with Crippen molar-refractivity contribution >= 4 is 29.5 Å². The number of unbranched alkanes of at least 4 members (excludes halogenated alkanes) is 1. The molecule has 3 rings (SSSR count). The predicted octanol–water partition coefficient (Wildman–Crippen LogP) is 1.08. The highest BCUT2D eigenvalue weighted by Gasteiger charge is 2.64. The SMILES string of the molecule is CC1(C)S[C@@H]2[C@H](NC(=O)[C@H](N)c3ccccc3)C(=O)N2[C@@H]1C(=O)OCCCC#N. The maximum atomic E-state index is 12.7. The molecule has 29 heavy (non-hydrogen) atoms. The molecule has 154 valence electrons. The molecule has 0 aliphatic carbocycles. The average Bonchev–Trinajstić information content (AvgIpc) is 2.97. The molecule has 9 heteroatoms. The molecule has 0 bridgehead atoms. The molecule has 2 heterocycles. The number of thioether (sulfide) groups is 1. The van der Waals surface area contributed by atoms with Crippen molar-refractivity contribution in [3.63, 3.8) is 0 Å². The Morgan fingerprint density at radius 1 is 1.38 bits per heavy atom. The van der Waals surface area contributed by atoms with Crippen molar-refractivity contribution < 1.29 is 19.1 Å². The van der Waals surface area contributed by atoms with E-state index in [1.807, 2.05) is 26.0 Å². The van der Waals surface area contributed by atoms with Crippen molar-refractivity contribution in [2.45, 2.75) is 54.9 Å². The van der Waals surface area contributed by atoms with Crippen LogP contribution in [0.4, 0.5) is 0 Å². The molecule has 0 unspecified atom stereocenters. The summed E-state index contributed by atoms with van der Waals surface area (Å²) in [5.74, 6) is -1.24. The minimum atomic E-state index is -0.877. The highest BCUT2D eigenvalue weighted by atomic mass is 32.2. The summed E-state index contributed by atoms with van der Waals surface area (Å²) in [4.78, 5) is 39.3. The third kappa shape index (κ3) is 4.09. The van der Waals surface area contributed by atoms with Crippen LogP contribution in [0.2, 0.25) is 0 Å². The van der Waals surface area contributed by atoms with E-state index < -0.39 is 34.7 Å². The van der Waals surface area contributed by atoms with E-state index in [9.17, 15) is 14.4 Å². The molecule has 0 spiro atoms. The van der Waals surface area contributed by atoms with Crippen molar-refractivity contribution in [1.29, 1.82) is 5.26 Å². The van der Waals surface area contributed by atoms with Gasteiger partial charge in [-0.2, -0.15) is 5.26 Å². The molecule has 1 aromatic carbocycles.